The zero-order valence-electron chi connectivity index (χ0n) is 29.0. The van der Waals surface area contributed by atoms with Crippen molar-refractivity contribution in [2.75, 3.05) is 0 Å². The summed E-state index contributed by atoms with van der Waals surface area (Å²) in [7, 11) is 0. The van der Waals surface area contributed by atoms with Crippen LogP contribution in [0.3, 0.4) is 0 Å². The fraction of sp³-hybridized carbons (Fsp3) is 0.152. The highest BCUT2D eigenvalue weighted by Gasteiger charge is 2.27. The summed E-state index contributed by atoms with van der Waals surface area (Å²) < 4.78 is 15.9. The fourth-order valence-corrected chi connectivity index (χ4v) is 7.52. The van der Waals surface area contributed by atoms with E-state index in [-0.39, 0.29) is 11.8 Å². The Morgan fingerprint density at radius 1 is 0.580 bits per heavy atom. The number of para-hydroxylation sites is 2. The Morgan fingerprint density at radius 2 is 1.22 bits per heavy atom. The van der Waals surface area contributed by atoms with Gasteiger partial charge in [0.05, 0.1) is 22.3 Å². The Balaban J connectivity index is 1.41. The van der Waals surface area contributed by atoms with Gasteiger partial charge in [-0.3, -0.25) is 4.57 Å². The first-order valence-electron chi connectivity index (χ1n) is 17.5. The van der Waals surface area contributed by atoms with Crippen molar-refractivity contribution in [1.29, 1.82) is 0 Å². The van der Waals surface area contributed by atoms with Gasteiger partial charge in [0, 0.05) is 21.7 Å². The minimum Gasteiger partial charge on any atom is -0.456 e. The van der Waals surface area contributed by atoms with Gasteiger partial charge in [0.2, 0.25) is 0 Å². The number of aromatic nitrogens is 2. The number of hydrogen-bond donors (Lipinski definition) is 0. The van der Waals surface area contributed by atoms with E-state index < -0.39 is 0 Å². The van der Waals surface area contributed by atoms with E-state index in [0.717, 1.165) is 72.2 Å². The average molecular weight is 651 g/mol. The zero-order valence-corrected chi connectivity index (χ0v) is 29.0. The van der Waals surface area contributed by atoms with Crippen molar-refractivity contribution in [1.82, 2.24) is 9.55 Å². The second kappa shape index (κ2) is 11.6. The van der Waals surface area contributed by atoms with E-state index in [2.05, 4.69) is 148 Å². The molecule has 0 fully saturated rings. The van der Waals surface area contributed by atoms with Gasteiger partial charge in [0.25, 0.3) is 0 Å². The molecule has 0 N–H and O–H groups in total. The molecule has 0 radical (unpaired) electrons. The monoisotopic (exact) mass is 650 g/mol. The maximum Gasteiger partial charge on any atom is 0.149 e. The molecule has 9 aromatic rings. The lowest BCUT2D eigenvalue weighted by molar-refractivity contribution is 0.631. The number of furan rings is 2. The minimum absolute atomic E-state index is 0.260. The molecule has 4 heteroatoms. The molecule has 0 unspecified atom stereocenters. The predicted octanol–water partition coefficient (Wildman–Crippen LogP) is 13.2. The van der Waals surface area contributed by atoms with Gasteiger partial charge in [-0.25, -0.2) is 4.98 Å². The second-order valence-corrected chi connectivity index (χ2v) is 14.1. The smallest absolute Gasteiger partial charge is 0.149 e. The van der Waals surface area contributed by atoms with Gasteiger partial charge in [0.15, 0.2) is 0 Å². The van der Waals surface area contributed by atoms with Crippen molar-refractivity contribution in [3.63, 3.8) is 0 Å². The molecule has 6 aromatic carbocycles. The molecule has 0 bridgehead atoms. The van der Waals surface area contributed by atoms with Gasteiger partial charge < -0.3 is 8.83 Å². The predicted molar refractivity (Wildman–Crippen MR) is 207 cm³/mol. The van der Waals surface area contributed by atoms with Crippen LogP contribution in [0.1, 0.15) is 56.2 Å². The van der Waals surface area contributed by atoms with Crippen molar-refractivity contribution >= 4 is 43.9 Å². The molecule has 9 rings (SSSR count). The van der Waals surface area contributed by atoms with E-state index in [4.69, 9.17) is 13.8 Å². The summed E-state index contributed by atoms with van der Waals surface area (Å²) in [4.78, 5) is 5.41. The number of hydrogen-bond acceptors (Lipinski definition) is 3. The molecule has 244 valence electrons. The summed E-state index contributed by atoms with van der Waals surface area (Å²) in [6.07, 6.45) is 0. The number of fused-ring (bicyclic) bond motifs is 6. The minimum atomic E-state index is 0.260. The van der Waals surface area contributed by atoms with Gasteiger partial charge in [0.1, 0.15) is 28.3 Å². The molecule has 0 spiro atoms. The first-order chi connectivity index (χ1) is 24.4. The van der Waals surface area contributed by atoms with Crippen LogP contribution in [0, 0.1) is 6.92 Å². The van der Waals surface area contributed by atoms with Crippen LogP contribution in [0.15, 0.2) is 136 Å². The van der Waals surface area contributed by atoms with Crippen molar-refractivity contribution in [2.45, 2.75) is 46.5 Å². The lowest BCUT2D eigenvalue weighted by Crippen LogP contribution is -2.09. The highest BCUT2D eigenvalue weighted by Crippen LogP contribution is 2.46. The Labute approximate surface area is 291 Å². The third-order valence-electron chi connectivity index (χ3n) is 10.00. The van der Waals surface area contributed by atoms with E-state index in [1.54, 1.807) is 0 Å². The third kappa shape index (κ3) is 4.78. The van der Waals surface area contributed by atoms with Crippen LogP contribution < -0.4 is 0 Å². The zero-order chi connectivity index (χ0) is 34.1. The molecule has 3 aromatic heterocycles. The van der Waals surface area contributed by atoms with Gasteiger partial charge in [-0.1, -0.05) is 113 Å². The Hall–Kier alpha value is -5.87. The number of benzene rings is 6. The molecule has 3 heterocycles. The van der Waals surface area contributed by atoms with Crippen molar-refractivity contribution in [2.24, 2.45) is 0 Å². The van der Waals surface area contributed by atoms with Crippen molar-refractivity contribution < 1.29 is 8.83 Å². The lowest BCUT2D eigenvalue weighted by atomic mass is 9.88. The highest BCUT2D eigenvalue weighted by atomic mass is 16.3. The Kier molecular flexibility index (Phi) is 7.03. The lowest BCUT2D eigenvalue weighted by Gasteiger charge is -2.24. The summed E-state index contributed by atoms with van der Waals surface area (Å²) in [5, 5.41) is 3.15. The molecule has 0 amide bonds. The normalized spacial score (nSPS) is 12.1. The second-order valence-electron chi connectivity index (χ2n) is 14.1. The largest absolute Gasteiger partial charge is 0.456 e. The quantitative estimate of drug-likeness (QED) is 0.180. The molecule has 0 aliphatic rings. The highest BCUT2D eigenvalue weighted by molar-refractivity contribution is 6.22. The summed E-state index contributed by atoms with van der Waals surface area (Å²) in [6.45, 7) is 11.3. The Bertz CT molecular complexity index is 2680. The third-order valence-corrected chi connectivity index (χ3v) is 10.00. The molecule has 0 aliphatic carbocycles. The van der Waals surface area contributed by atoms with E-state index in [1.165, 1.54) is 27.9 Å². The molecular weight excluding hydrogens is 613 g/mol. The van der Waals surface area contributed by atoms with Gasteiger partial charge in [-0.15, -0.1) is 0 Å². The van der Waals surface area contributed by atoms with Crippen LogP contribution >= 0.6 is 0 Å². The van der Waals surface area contributed by atoms with E-state index in [0.29, 0.717) is 0 Å². The first kappa shape index (κ1) is 30.2. The number of imidazole rings is 1. The van der Waals surface area contributed by atoms with E-state index in [9.17, 15) is 0 Å². The van der Waals surface area contributed by atoms with Crippen LogP contribution in [0.2, 0.25) is 0 Å². The molecule has 0 atom stereocenters. The van der Waals surface area contributed by atoms with Crippen LogP contribution in [0.25, 0.3) is 83.5 Å². The van der Waals surface area contributed by atoms with Crippen LogP contribution in [-0.2, 0) is 0 Å². The molecule has 0 saturated carbocycles. The number of aryl methyl sites for hydroxylation is 1. The topological polar surface area (TPSA) is 44.1 Å². The van der Waals surface area contributed by atoms with E-state index in [1.807, 2.05) is 18.2 Å². The van der Waals surface area contributed by atoms with Gasteiger partial charge in [-0.2, -0.15) is 0 Å². The standard InChI is InChI=1S/C46H38N2O2/c1-27(2)34-23-32(30-14-8-6-9-15-30)24-35(28(3)4)44(34)48-39-19-13-12-18-38(39)47-46(48)37-26-42-36(25-40(49-42)31-16-10-7-11-17-31)43-33-21-20-29(5)22-41(33)50-45(37)43/h6-28H,1-5H3. The molecule has 0 saturated heterocycles. The first-order valence-corrected chi connectivity index (χ1v) is 17.5. The summed E-state index contributed by atoms with van der Waals surface area (Å²) >= 11 is 0. The molecular formula is C46H38N2O2. The molecule has 50 heavy (non-hydrogen) atoms. The van der Waals surface area contributed by atoms with Crippen molar-refractivity contribution in [3.05, 3.63) is 144 Å². The number of rotatable bonds is 6. The summed E-state index contributed by atoms with van der Waals surface area (Å²) in [5.74, 6) is 2.18. The summed E-state index contributed by atoms with van der Waals surface area (Å²) in [5.41, 5.74) is 13.8. The maximum absolute atomic E-state index is 6.87. The van der Waals surface area contributed by atoms with E-state index >= 15 is 0 Å². The van der Waals surface area contributed by atoms with Crippen LogP contribution in [-0.4, -0.2) is 9.55 Å². The molecule has 0 aliphatic heterocycles. The maximum atomic E-state index is 6.87. The van der Waals surface area contributed by atoms with Crippen molar-refractivity contribution in [3.8, 4) is 39.5 Å². The van der Waals surface area contributed by atoms with Gasteiger partial charge in [-0.05, 0) is 89.0 Å². The SMILES string of the molecule is Cc1ccc2c(c1)oc1c(-c3nc4ccccc4n3-c3c(C(C)C)cc(-c4ccccc4)cc3C(C)C)cc3oc(-c4ccccc4)cc3c12. The molecule has 4 nitrogen and oxygen atoms in total. The number of nitrogens with zero attached hydrogens (tertiary/aromatic N) is 2. The summed E-state index contributed by atoms with van der Waals surface area (Å²) in [6, 6.07) is 45.0. The average Bonchev–Trinajstić information content (AvgIpc) is 3.84. The Morgan fingerprint density at radius 3 is 1.92 bits per heavy atom. The van der Waals surface area contributed by atoms with Crippen LogP contribution in [0.5, 0.6) is 0 Å². The van der Waals surface area contributed by atoms with Gasteiger partial charge >= 0.3 is 0 Å². The van der Waals surface area contributed by atoms with Crippen LogP contribution in [0.4, 0.5) is 0 Å². The fourth-order valence-electron chi connectivity index (χ4n) is 7.52.